The van der Waals surface area contributed by atoms with Gasteiger partial charge in [0.05, 0.1) is 5.92 Å². The molecule has 0 aliphatic carbocycles. The van der Waals surface area contributed by atoms with E-state index >= 15 is 0 Å². The third-order valence-electron chi connectivity index (χ3n) is 9.27. The number of hydrogen-bond acceptors (Lipinski definition) is 2. The predicted molar refractivity (Wildman–Crippen MR) is 184 cm³/mol. The first-order chi connectivity index (χ1) is 20.3. The van der Waals surface area contributed by atoms with Crippen LogP contribution in [0.3, 0.4) is 0 Å². The molecule has 0 radical (unpaired) electrons. The van der Waals surface area contributed by atoms with Crippen molar-refractivity contribution in [3.8, 4) is 0 Å². The van der Waals surface area contributed by atoms with Crippen molar-refractivity contribution in [2.75, 3.05) is 0 Å². The molecule has 0 saturated heterocycles. The fourth-order valence-corrected chi connectivity index (χ4v) is 6.66. The van der Waals surface area contributed by atoms with Crippen LogP contribution in [-0.2, 0) is 6.42 Å². The molecule has 2 unspecified atom stereocenters. The highest BCUT2D eigenvalue weighted by atomic mass is 15.0. The van der Waals surface area contributed by atoms with Gasteiger partial charge in [0.1, 0.15) is 0 Å². The monoisotopic (exact) mass is 564 g/mol. The number of benzene rings is 1. The van der Waals surface area contributed by atoms with Crippen LogP contribution in [0.1, 0.15) is 180 Å². The van der Waals surface area contributed by atoms with Gasteiger partial charge in [-0.25, -0.2) is 0 Å². The van der Waals surface area contributed by atoms with Crippen molar-refractivity contribution in [2.45, 2.75) is 181 Å². The van der Waals surface area contributed by atoms with Crippen molar-refractivity contribution in [1.29, 1.82) is 0 Å². The molecular formula is C39H67N2+. The lowest BCUT2D eigenvalue weighted by molar-refractivity contribution is 0.284. The third kappa shape index (κ3) is 18.6. The average Bonchev–Trinajstić information content (AvgIpc) is 3.53. The fraction of sp³-hybridized carbons (Fsp3) is 0.769. The number of rotatable bonds is 29. The summed E-state index contributed by atoms with van der Waals surface area (Å²) in [6, 6.07) is 11.2. The van der Waals surface area contributed by atoms with Crippen molar-refractivity contribution in [2.24, 2.45) is 21.8 Å². The Morgan fingerprint density at radius 1 is 0.488 bits per heavy atom. The summed E-state index contributed by atoms with van der Waals surface area (Å²) in [5.41, 5.74) is 1.47. The maximum absolute atomic E-state index is 4.73. The molecule has 232 valence electrons. The molecule has 1 aliphatic rings. The topological polar surface area (TPSA) is 24.7 Å². The van der Waals surface area contributed by atoms with Crippen LogP contribution in [0.4, 0.5) is 0 Å². The van der Waals surface area contributed by atoms with Crippen LogP contribution in [0.2, 0.25) is 0 Å². The van der Waals surface area contributed by atoms with Gasteiger partial charge in [-0.2, -0.15) is 0 Å². The lowest BCUT2D eigenvalue weighted by Gasteiger charge is -2.26. The maximum Gasteiger partial charge on any atom is 0.244 e. The van der Waals surface area contributed by atoms with Crippen molar-refractivity contribution >= 4 is 12.4 Å². The van der Waals surface area contributed by atoms with Crippen molar-refractivity contribution in [3.63, 3.8) is 0 Å². The summed E-state index contributed by atoms with van der Waals surface area (Å²) < 4.78 is 0. The van der Waals surface area contributed by atoms with Crippen molar-refractivity contribution < 1.29 is 0 Å². The SMILES string of the molecule is CCCCCCCCCCCCCCCCCCCC([C+]1N=CC=N1)C(CCCCCCCC)Cc1ccccc1. The Hall–Kier alpha value is -1.57. The summed E-state index contributed by atoms with van der Waals surface area (Å²) in [6.45, 7) is 4.61. The first kappa shape index (κ1) is 35.6. The molecule has 1 aromatic rings. The molecule has 2 rings (SSSR count). The number of aliphatic imine (C=N–C) groups is 2. The minimum Gasteiger partial charge on any atom is -0.0965 e. The first-order valence-corrected chi connectivity index (χ1v) is 18.3. The van der Waals surface area contributed by atoms with E-state index in [0.717, 1.165) is 12.6 Å². The molecule has 0 fully saturated rings. The molecular weight excluding hydrogens is 496 g/mol. The molecule has 1 heterocycles. The summed E-state index contributed by atoms with van der Waals surface area (Å²) in [5, 5.41) is 0. The van der Waals surface area contributed by atoms with Gasteiger partial charge in [0.25, 0.3) is 0 Å². The maximum atomic E-state index is 4.73. The van der Waals surface area contributed by atoms with E-state index in [9.17, 15) is 0 Å². The van der Waals surface area contributed by atoms with E-state index in [-0.39, 0.29) is 0 Å². The minimum absolute atomic E-state index is 0.497. The standard InChI is InChI=1S/C39H67N2/c1-3-5-7-9-11-12-13-14-15-16-17-18-19-20-21-23-28-32-38(39-40-33-34-41-39)37(31-27-22-10-8-6-4-2)35-36-29-25-24-26-30-36/h24-26,29-30,33-34,37-38H,3-23,27-28,31-32,35H2,1-2H3/q+1. The van der Waals surface area contributed by atoms with Crippen LogP contribution in [0.25, 0.3) is 0 Å². The van der Waals surface area contributed by atoms with E-state index < -0.39 is 0 Å². The first-order valence-electron chi connectivity index (χ1n) is 18.3. The van der Waals surface area contributed by atoms with Crippen LogP contribution >= 0.6 is 0 Å². The Balaban J connectivity index is 1.62. The lowest BCUT2D eigenvalue weighted by atomic mass is 9.78. The molecule has 2 nitrogen and oxygen atoms in total. The van der Waals surface area contributed by atoms with Crippen LogP contribution in [0, 0.1) is 18.0 Å². The normalized spacial score (nSPS) is 14.2. The molecule has 0 spiro atoms. The molecule has 1 aliphatic heterocycles. The highest BCUT2D eigenvalue weighted by Gasteiger charge is 2.35. The quantitative estimate of drug-likeness (QED) is 0.0684. The van der Waals surface area contributed by atoms with E-state index in [4.69, 9.17) is 9.98 Å². The summed E-state index contributed by atoms with van der Waals surface area (Å²) >= 11 is 0. The van der Waals surface area contributed by atoms with Gasteiger partial charge in [-0.05, 0) is 30.7 Å². The van der Waals surface area contributed by atoms with E-state index in [0.29, 0.717) is 11.8 Å². The Morgan fingerprint density at radius 2 is 0.878 bits per heavy atom. The third-order valence-corrected chi connectivity index (χ3v) is 9.27. The molecule has 41 heavy (non-hydrogen) atoms. The zero-order valence-corrected chi connectivity index (χ0v) is 27.5. The molecule has 0 saturated carbocycles. The molecule has 0 amide bonds. The van der Waals surface area contributed by atoms with Gasteiger partial charge in [0.15, 0.2) is 12.4 Å². The zero-order valence-electron chi connectivity index (χ0n) is 27.5. The van der Waals surface area contributed by atoms with Gasteiger partial charge in [0, 0.05) is 0 Å². The Kier molecular flexibility index (Phi) is 22.7. The highest BCUT2D eigenvalue weighted by Crippen LogP contribution is 2.37. The molecule has 0 aromatic heterocycles. The molecule has 2 atom stereocenters. The zero-order chi connectivity index (χ0) is 29.1. The highest BCUT2D eigenvalue weighted by molar-refractivity contribution is 6.18. The lowest BCUT2D eigenvalue weighted by Crippen LogP contribution is -2.22. The Bertz CT molecular complexity index is 727. The Morgan fingerprint density at radius 3 is 1.32 bits per heavy atom. The van der Waals surface area contributed by atoms with E-state index in [1.165, 1.54) is 166 Å². The molecule has 0 bridgehead atoms. The summed E-state index contributed by atoms with van der Waals surface area (Å²) in [6.07, 6.45) is 41.2. The van der Waals surface area contributed by atoms with Crippen LogP contribution in [0.15, 0.2) is 40.3 Å². The summed E-state index contributed by atoms with van der Waals surface area (Å²) in [4.78, 5) is 9.46. The fourth-order valence-electron chi connectivity index (χ4n) is 6.66. The second kappa shape index (κ2) is 26.1. The van der Waals surface area contributed by atoms with E-state index in [1.54, 1.807) is 0 Å². The van der Waals surface area contributed by atoms with Crippen LogP contribution in [-0.4, -0.2) is 12.4 Å². The summed E-state index contributed by atoms with van der Waals surface area (Å²) in [5.74, 6) is 1.14. The molecule has 0 N–H and O–H groups in total. The number of unbranched alkanes of at least 4 members (excludes halogenated alkanes) is 21. The minimum atomic E-state index is 0.497. The van der Waals surface area contributed by atoms with Gasteiger partial charge in [-0.1, -0.05) is 202 Å². The van der Waals surface area contributed by atoms with E-state index in [2.05, 4.69) is 44.2 Å². The second-order valence-corrected chi connectivity index (χ2v) is 13.0. The largest absolute Gasteiger partial charge is 0.244 e. The van der Waals surface area contributed by atoms with Gasteiger partial charge in [0.2, 0.25) is 6.17 Å². The predicted octanol–water partition coefficient (Wildman–Crippen LogP) is 12.9. The smallest absolute Gasteiger partial charge is 0.0965 e. The van der Waals surface area contributed by atoms with Gasteiger partial charge in [-0.15, -0.1) is 0 Å². The average molecular weight is 564 g/mol. The van der Waals surface area contributed by atoms with Crippen molar-refractivity contribution in [1.82, 2.24) is 0 Å². The molecule has 2 heteroatoms. The Labute approximate surface area is 256 Å². The molecule has 1 aromatic carbocycles. The van der Waals surface area contributed by atoms with E-state index in [1.807, 2.05) is 12.4 Å². The van der Waals surface area contributed by atoms with Gasteiger partial charge >= 0.3 is 0 Å². The van der Waals surface area contributed by atoms with Gasteiger partial charge < -0.3 is 0 Å². The number of nitrogens with zero attached hydrogens (tertiary/aromatic N) is 2. The second-order valence-electron chi connectivity index (χ2n) is 13.0. The van der Waals surface area contributed by atoms with Gasteiger partial charge in [-0.3, -0.25) is 0 Å². The van der Waals surface area contributed by atoms with Crippen molar-refractivity contribution in [3.05, 3.63) is 42.1 Å². The summed E-state index contributed by atoms with van der Waals surface area (Å²) in [7, 11) is 0. The number of hydrogen-bond donors (Lipinski definition) is 0. The van der Waals surface area contributed by atoms with Crippen LogP contribution in [0.5, 0.6) is 0 Å². The van der Waals surface area contributed by atoms with Crippen LogP contribution < -0.4 is 0 Å².